The highest BCUT2D eigenvalue weighted by Crippen LogP contribution is 2.23. The van der Waals surface area contributed by atoms with Gasteiger partial charge in [-0.05, 0) is 29.8 Å². The van der Waals surface area contributed by atoms with Gasteiger partial charge in [0.05, 0.1) is 20.9 Å². The van der Waals surface area contributed by atoms with Crippen molar-refractivity contribution in [2.45, 2.75) is 19.5 Å². The molecule has 0 bridgehead atoms. The Kier molecular flexibility index (Phi) is 5.68. The fourth-order valence-electron chi connectivity index (χ4n) is 2.86. The number of nitrogens with one attached hydrogen (secondary N) is 1. The molecule has 1 heterocycles. The van der Waals surface area contributed by atoms with Crippen molar-refractivity contribution in [2.75, 3.05) is 7.05 Å². The molecule has 27 heavy (non-hydrogen) atoms. The van der Waals surface area contributed by atoms with Crippen molar-refractivity contribution in [1.82, 2.24) is 14.5 Å². The van der Waals surface area contributed by atoms with Crippen LogP contribution in [-0.4, -0.2) is 27.4 Å². The SMILES string of the molecule is CN(Cc1ccc(Cl)c(Cl)c1)C(=O)CCn1c(=O)[nH]c(=O)c2ccccc21. The zero-order chi connectivity index (χ0) is 19.6. The molecular weight excluding hydrogens is 389 g/mol. The summed E-state index contributed by atoms with van der Waals surface area (Å²) < 4.78 is 1.40. The summed E-state index contributed by atoms with van der Waals surface area (Å²) in [4.78, 5) is 40.3. The number of para-hydroxylation sites is 1. The normalized spacial score (nSPS) is 10.9. The molecule has 140 valence electrons. The number of nitrogens with zero attached hydrogens (tertiary/aromatic N) is 2. The lowest BCUT2D eigenvalue weighted by Crippen LogP contribution is -2.33. The molecule has 0 fully saturated rings. The van der Waals surface area contributed by atoms with E-state index in [1.54, 1.807) is 54.4 Å². The van der Waals surface area contributed by atoms with Crippen molar-refractivity contribution < 1.29 is 4.79 Å². The molecule has 0 atom stereocenters. The second-order valence-corrected chi connectivity index (χ2v) is 6.99. The van der Waals surface area contributed by atoms with Crippen LogP contribution < -0.4 is 11.2 Å². The Labute approximate surface area is 164 Å². The first kappa shape index (κ1) is 19.2. The van der Waals surface area contributed by atoms with Crippen LogP contribution in [0.3, 0.4) is 0 Å². The van der Waals surface area contributed by atoms with E-state index in [4.69, 9.17) is 23.2 Å². The maximum atomic E-state index is 12.5. The van der Waals surface area contributed by atoms with Crippen LogP contribution in [0.5, 0.6) is 0 Å². The van der Waals surface area contributed by atoms with E-state index in [1.165, 1.54) is 4.57 Å². The van der Waals surface area contributed by atoms with Gasteiger partial charge in [-0.3, -0.25) is 19.1 Å². The predicted molar refractivity (Wildman–Crippen MR) is 106 cm³/mol. The molecule has 1 aromatic heterocycles. The van der Waals surface area contributed by atoms with E-state index in [9.17, 15) is 14.4 Å². The Bertz CT molecular complexity index is 1120. The van der Waals surface area contributed by atoms with Crippen LogP contribution in [-0.2, 0) is 17.9 Å². The lowest BCUT2D eigenvalue weighted by molar-refractivity contribution is -0.130. The van der Waals surface area contributed by atoms with Crippen LogP contribution in [0.25, 0.3) is 10.9 Å². The van der Waals surface area contributed by atoms with Gasteiger partial charge in [-0.15, -0.1) is 0 Å². The fraction of sp³-hybridized carbons (Fsp3) is 0.211. The summed E-state index contributed by atoms with van der Waals surface area (Å²) in [6, 6.07) is 12.0. The van der Waals surface area contributed by atoms with Gasteiger partial charge in [0.2, 0.25) is 5.91 Å². The summed E-state index contributed by atoms with van der Waals surface area (Å²) in [6.45, 7) is 0.539. The number of rotatable bonds is 5. The Hall–Kier alpha value is -2.57. The second kappa shape index (κ2) is 7.98. The lowest BCUT2D eigenvalue weighted by Gasteiger charge is -2.18. The van der Waals surface area contributed by atoms with E-state index < -0.39 is 11.2 Å². The molecule has 2 aromatic carbocycles. The maximum absolute atomic E-state index is 12.5. The number of aromatic amines is 1. The Morgan fingerprint density at radius 1 is 1.11 bits per heavy atom. The number of aryl methyl sites for hydroxylation is 1. The highest BCUT2D eigenvalue weighted by molar-refractivity contribution is 6.42. The standard InChI is InChI=1S/C19H17Cl2N3O3/c1-23(11-12-6-7-14(20)15(21)10-12)17(25)8-9-24-16-5-3-2-4-13(16)18(26)22-19(24)27/h2-7,10H,8-9,11H2,1H3,(H,22,26,27). The first-order valence-corrected chi connectivity index (χ1v) is 9.02. The van der Waals surface area contributed by atoms with Gasteiger partial charge in [-0.2, -0.15) is 0 Å². The molecule has 0 aliphatic rings. The number of halogens is 2. The van der Waals surface area contributed by atoms with Crippen molar-refractivity contribution >= 4 is 40.0 Å². The minimum absolute atomic E-state index is 0.119. The molecule has 0 saturated heterocycles. The molecule has 0 unspecified atom stereocenters. The third-order valence-electron chi connectivity index (χ3n) is 4.28. The van der Waals surface area contributed by atoms with E-state index in [-0.39, 0.29) is 18.9 Å². The molecule has 1 N–H and O–H groups in total. The third kappa shape index (κ3) is 4.23. The van der Waals surface area contributed by atoms with E-state index in [0.29, 0.717) is 27.5 Å². The first-order chi connectivity index (χ1) is 12.9. The first-order valence-electron chi connectivity index (χ1n) is 8.26. The largest absolute Gasteiger partial charge is 0.341 e. The number of benzene rings is 2. The fourth-order valence-corrected chi connectivity index (χ4v) is 3.18. The minimum Gasteiger partial charge on any atom is -0.341 e. The van der Waals surface area contributed by atoms with Gasteiger partial charge >= 0.3 is 5.69 Å². The van der Waals surface area contributed by atoms with Crippen LogP contribution in [0.1, 0.15) is 12.0 Å². The van der Waals surface area contributed by atoms with Gasteiger partial charge < -0.3 is 4.90 Å². The van der Waals surface area contributed by atoms with E-state index >= 15 is 0 Å². The summed E-state index contributed by atoms with van der Waals surface area (Å²) in [7, 11) is 1.68. The number of fused-ring (bicyclic) bond motifs is 1. The molecule has 0 aliphatic carbocycles. The monoisotopic (exact) mass is 405 g/mol. The molecule has 6 nitrogen and oxygen atoms in total. The van der Waals surface area contributed by atoms with Gasteiger partial charge in [0, 0.05) is 26.6 Å². The zero-order valence-corrected chi connectivity index (χ0v) is 16.0. The summed E-state index contributed by atoms with van der Waals surface area (Å²) in [5, 5.41) is 1.30. The number of carbonyl (C=O) groups is 1. The van der Waals surface area contributed by atoms with Crippen LogP contribution >= 0.6 is 23.2 Å². The van der Waals surface area contributed by atoms with Crippen molar-refractivity contribution in [1.29, 1.82) is 0 Å². The van der Waals surface area contributed by atoms with Crippen molar-refractivity contribution in [3.05, 3.63) is 78.9 Å². The van der Waals surface area contributed by atoms with E-state index in [0.717, 1.165) is 5.56 Å². The smallest absolute Gasteiger partial charge is 0.328 e. The number of carbonyl (C=O) groups excluding carboxylic acids is 1. The summed E-state index contributed by atoms with van der Waals surface area (Å²) >= 11 is 11.9. The van der Waals surface area contributed by atoms with Crippen LogP contribution in [0, 0.1) is 0 Å². The molecule has 0 saturated carbocycles. The summed E-state index contributed by atoms with van der Waals surface area (Å²) in [5.41, 5.74) is 0.395. The molecule has 0 spiro atoms. The molecular formula is C19H17Cl2N3O3. The Balaban J connectivity index is 1.74. The maximum Gasteiger partial charge on any atom is 0.328 e. The Morgan fingerprint density at radius 3 is 2.59 bits per heavy atom. The van der Waals surface area contributed by atoms with Gasteiger partial charge in [-0.1, -0.05) is 41.4 Å². The quantitative estimate of drug-likeness (QED) is 0.708. The molecule has 0 radical (unpaired) electrons. The van der Waals surface area contributed by atoms with E-state index in [2.05, 4.69) is 4.98 Å². The average Bonchev–Trinajstić information content (AvgIpc) is 2.64. The number of hydrogen-bond acceptors (Lipinski definition) is 3. The van der Waals surface area contributed by atoms with Crippen LogP contribution in [0.2, 0.25) is 10.0 Å². The van der Waals surface area contributed by atoms with Gasteiger partial charge in [-0.25, -0.2) is 4.79 Å². The number of hydrogen-bond donors (Lipinski definition) is 1. The van der Waals surface area contributed by atoms with E-state index in [1.807, 2.05) is 0 Å². The van der Waals surface area contributed by atoms with Gasteiger partial charge in [0.15, 0.2) is 0 Å². The lowest BCUT2D eigenvalue weighted by atomic mass is 10.2. The average molecular weight is 406 g/mol. The zero-order valence-electron chi connectivity index (χ0n) is 14.5. The second-order valence-electron chi connectivity index (χ2n) is 6.18. The van der Waals surface area contributed by atoms with Gasteiger partial charge in [0.1, 0.15) is 0 Å². The molecule has 1 amide bonds. The molecule has 8 heteroatoms. The summed E-state index contributed by atoms with van der Waals surface area (Å²) in [6.07, 6.45) is 0.119. The highest BCUT2D eigenvalue weighted by Gasteiger charge is 2.13. The van der Waals surface area contributed by atoms with Gasteiger partial charge in [0.25, 0.3) is 5.56 Å². The number of aromatic nitrogens is 2. The van der Waals surface area contributed by atoms with Crippen LogP contribution in [0.15, 0.2) is 52.1 Å². The molecule has 0 aliphatic heterocycles. The predicted octanol–water partition coefficient (Wildman–Crippen LogP) is 3.05. The third-order valence-corrected chi connectivity index (χ3v) is 5.02. The van der Waals surface area contributed by atoms with Crippen LogP contribution in [0.4, 0.5) is 0 Å². The van der Waals surface area contributed by atoms with Crippen molar-refractivity contribution in [2.24, 2.45) is 0 Å². The molecule has 3 rings (SSSR count). The Morgan fingerprint density at radius 2 is 1.85 bits per heavy atom. The highest BCUT2D eigenvalue weighted by atomic mass is 35.5. The molecule has 3 aromatic rings. The summed E-state index contributed by atoms with van der Waals surface area (Å²) in [5.74, 6) is -0.136. The minimum atomic E-state index is -0.529. The van der Waals surface area contributed by atoms with Crippen molar-refractivity contribution in [3.63, 3.8) is 0 Å². The topological polar surface area (TPSA) is 75.2 Å². The number of amides is 1. The number of H-pyrrole nitrogens is 1. The van der Waals surface area contributed by atoms with Crippen molar-refractivity contribution in [3.8, 4) is 0 Å².